The molecule has 0 saturated heterocycles. The maximum atomic E-state index is 4.15. The molecule has 0 bridgehead atoms. The fourth-order valence-corrected chi connectivity index (χ4v) is 3.06. The van der Waals surface area contributed by atoms with Crippen LogP contribution in [-0.2, 0) is 6.42 Å². The van der Waals surface area contributed by atoms with E-state index in [-0.39, 0.29) is 0 Å². The van der Waals surface area contributed by atoms with Gasteiger partial charge in [0.25, 0.3) is 0 Å². The van der Waals surface area contributed by atoms with Gasteiger partial charge >= 0.3 is 0 Å². The van der Waals surface area contributed by atoms with Gasteiger partial charge in [-0.3, -0.25) is 0 Å². The Morgan fingerprint density at radius 3 is 3.21 bits per heavy atom. The Labute approximate surface area is 89.9 Å². The van der Waals surface area contributed by atoms with E-state index in [2.05, 4.69) is 22.8 Å². The second-order valence-corrected chi connectivity index (χ2v) is 5.12. The average molecular weight is 210 g/mol. The molecular weight excluding hydrogens is 192 g/mol. The van der Waals surface area contributed by atoms with Crippen molar-refractivity contribution >= 4 is 11.5 Å². The third kappa shape index (κ3) is 2.55. The molecule has 1 aromatic heterocycles. The lowest BCUT2D eigenvalue weighted by molar-refractivity contribution is 0.295. The molecule has 3 heteroatoms. The Bertz CT molecular complexity index is 258. The van der Waals surface area contributed by atoms with Crippen LogP contribution in [0.25, 0.3) is 0 Å². The highest BCUT2D eigenvalue weighted by Gasteiger charge is 2.21. The van der Waals surface area contributed by atoms with Gasteiger partial charge < -0.3 is 5.32 Å². The molecule has 0 aromatic carbocycles. The Balaban J connectivity index is 1.86. The van der Waals surface area contributed by atoms with Gasteiger partial charge in [0.15, 0.2) is 0 Å². The Kier molecular flexibility index (Phi) is 3.54. The zero-order valence-electron chi connectivity index (χ0n) is 8.70. The normalized spacial score (nSPS) is 27.8. The molecule has 0 spiro atoms. The van der Waals surface area contributed by atoms with E-state index >= 15 is 0 Å². The van der Waals surface area contributed by atoms with Crippen molar-refractivity contribution in [2.75, 3.05) is 7.05 Å². The highest BCUT2D eigenvalue weighted by Crippen LogP contribution is 2.27. The number of nitrogens with zero attached hydrogens (tertiary/aromatic N) is 1. The summed E-state index contributed by atoms with van der Waals surface area (Å²) in [4.78, 5) is 1.45. The Morgan fingerprint density at radius 1 is 1.57 bits per heavy atom. The van der Waals surface area contributed by atoms with Crippen molar-refractivity contribution in [2.24, 2.45) is 5.92 Å². The Hall–Kier alpha value is -0.410. The van der Waals surface area contributed by atoms with Crippen molar-refractivity contribution in [1.29, 1.82) is 0 Å². The van der Waals surface area contributed by atoms with Crippen LogP contribution in [-0.4, -0.2) is 17.5 Å². The Morgan fingerprint density at radius 2 is 2.50 bits per heavy atom. The first kappa shape index (κ1) is 10.1. The van der Waals surface area contributed by atoms with Gasteiger partial charge in [0.2, 0.25) is 0 Å². The van der Waals surface area contributed by atoms with Crippen LogP contribution in [0.5, 0.6) is 0 Å². The first-order valence-corrected chi connectivity index (χ1v) is 6.22. The SMILES string of the molecule is CNC1CCCC(Cc2ccns2)C1. The van der Waals surface area contributed by atoms with Crippen LogP contribution in [0, 0.1) is 5.92 Å². The molecule has 1 fully saturated rings. The summed E-state index contributed by atoms with van der Waals surface area (Å²) in [7, 11) is 2.08. The largest absolute Gasteiger partial charge is 0.317 e. The molecule has 78 valence electrons. The van der Waals surface area contributed by atoms with Gasteiger partial charge in [-0.15, -0.1) is 0 Å². The van der Waals surface area contributed by atoms with E-state index in [0.29, 0.717) is 0 Å². The number of hydrogen-bond acceptors (Lipinski definition) is 3. The van der Waals surface area contributed by atoms with Gasteiger partial charge in [0.1, 0.15) is 0 Å². The van der Waals surface area contributed by atoms with Gasteiger partial charge in [-0.2, -0.15) is 0 Å². The lowest BCUT2D eigenvalue weighted by atomic mass is 9.83. The standard InChI is InChI=1S/C11H18N2S/c1-12-10-4-2-3-9(7-10)8-11-5-6-13-14-11/h5-6,9-10,12H,2-4,7-8H2,1H3. The van der Waals surface area contributed by atoms with E-state index in [0.717, 1.165) is 12.0 Å². The molecular formula is C11H18N2S. The minimum Gasteiger partial charge on any atom is -0.317 e. The number of hydrogen-bond donors (Lipinski definition) is 1. The molecule has 0 aliphatic heterocycles. The maximum Gasteiger partial charge on any atom is 0.0409 e. The molecule has 14 heavy (non-hydrogen) atoms. The molecule has 1 heterocycles. The first-order valence-electron chi connectivity index (χ1n) is 5.45. The summed E-state index contributed by atoms with van der Waals surface area (Å²) in [6, 6.07) is 2.91. The zero-order chi connectivity index (χ0) is 9.80. The molecule has 1 aliphatic carbocycles. The van der Waals surface area contributed by atoms with E-state index < -0.39 is 0 Å². The fourth-order valence-electron chi connectivity index (χ4n) is 2.37. The molecule has 2 unspecified atom stereocenters. The van der Waals surface area contributed by atoms with Crippen LogP contribution in [0.3, 0.4) is 0 Å². The lowest BCUT2D eigenvalue weighted by Crippen LogP contribution is -2.31. The quantitative estimate of drug-likeness (QED) is 0.829. The van der Waals surface area contributed by atoms with Crippen molar-refractivity contribution in [1.82, 2.24) is 9.69 Å². The van der Waals surface area contributed by atoms with Crippen LogP contribution in [0.15, 0.2) is 12.3 Å². The van der Waals surface area contributed by atoms with E-state index in [1.165, 1.54) is 37.0 Å². The van der Waals surface area contributed by atoms with E-state index in [9.17, 15) is 0 Å². The summed E-state index contributed by atoms with van der Waals surface area (Å²) < 4.78 is 4.15. The van der Waals surface area contributed by atoms with Crippen molar-refractivity contribution in [3.63, 3.8) is 0 Å². The van der Waals surface area contributed by atoms with E-state index in [1.54, 1.807) is 11.5 Å². The second kappa shape index (κ2) is 4.89. The van der Waals surface area contributed by atoms with Crippen molar-refractivity contribution in [3.8, 4) is 0 Å². The molecule has 1 N–H and O–H groups in total. The van der Waals surface area contributed by atoms with Gasteiger partial charge in [0.05, 0.1) is 0 Å². The molecule has 0 radical (unpaired) electrons. The average Bonchev–Trinajstić information content (AvgIpc) is 2.71. The summed E-state index contributed by atoms with van der Waals surface area (Å²) in [6.07, 6.45) is 8.64. The monoisotopic (exact) mass is 210 g/mol. The minimum absolute atomic E-state index is 0.752. The molecule has 1 saturated carbocycles. The molecule has 0 amide bonds. The summed E-state index contributed by atoms with van der Waals surface area (Å²) in [6.45, 7) is 0. The van der Waals surface area contributed by atoms with Crippen LogP contribution in [0.4, 0.5) is 0 Å². The van der Waals surface area contributed by atoms with Crippen LogP contribution >= 0.6 is 11.5 Å². The van der Waals surface area contributed by atoms with Crippen molar-refractivity contribution in [3.05, 3.63) is 17.1 Å². The van der Waals surface area contributed by atoms with Crippen LogP contribution in [0.2, 0.25) is 0 Å². The zero-order valence-corrected chi connectivity index (χ0v) is 9.52. The second-order valence-electron chi connectivity index (χ2n) is 4.20. The first-order chi connectivity index (χ1) is 6.88. The molecule has 1 aromatic rings. The van der Waals surface area contributed by atoms with Gasteiger partial charge in [-0.05, 0) is 56.2 Å². The predicted octanol–water partition coefficient (Wildman–Crippen LogP) is 2.46. The van der Waals surface area contributed by atoms with Crippen molar-refractivity contribution in [2.45, 2.75) is 38.1 Å². The van der Waals surface area contributed by atoms with E-state index in [4.69, 9.17) is 0 Å². The van der Waals surface area contributed by atoms with Gasteiger partial charge in [-0.25, -0.2) is 4.37 Å². The number of rotatable bonds is 3. The minimum atomic E-state index is 0.752. The number of aromatic nitrogens is 1. The lowest BCUT2D eigenvalue weighted by Gasteiger charge is -2.28. The summed E-state index contributed by atoms with van der Waals surface area (Å²) >= 11 is 1.65. The molecule has 2 nitrogen and oxygen atoms in total. The predicted molar refractivity (Wildman–Crippen MR) is 60.6 cm³/mol. The van der Waals surface area contributed by atoms with Crippen LogP contribution < -0.4 is 5.32 Å². The third-order valence-electron chi connectivity index (χ3n) is 3.17. The van der Waals surface area contributed by atoms with E-state index in [1.807, 2.05) is 6.20 Å². The van der Waals surface area contributed by atoms with Crippen molar-refractivity contribution < 1.29 is 0 Å². The van der Waals surface area contributed by atoms with Crippen LogP contribution in [0.1, 0.15) is 30.6 Å². The summed E-state index contributed by atoms with van der Waals surface area (Å²) in [5.41, 5.74) is 0. The molecule has 2 atom stereocenters. The highest BCUT2D eigenvalue weighted by molar-refractivity contribution is 7.05. The molecule has 2 rings (SSSR count). The van der Waals surface area contributed by atoms with Gasteiger partial charge in [-0.1, -0.05) is 6.42 Å². The topological polar surface area (TPSA) is 24.9 Å². The van der Waals surface area contributed by atoms with Gasteiger partial charge in [0, 0.05) is 17.1 Å². The number of nitrogens with one attached hydrogen (secondary N) is 1. The third-order valence-corrected chi connectivity index (χ3v) is 3.94. The fraction of sp³-hybridized carbons (Fsp3) is 0.727. The molecule has 1 aliphatic rings. The summed E-state index contributed by atoms with van der Waals surface area (Å²) in [5, 5.41) is 3.40. The smallest absolute Gasteiger partial charge is 0.0409 e. The highest BCUT2D eigenvalue weighted by atomic mass is 32.1. The maximum absolute atomic E-state index is 4.15. The summed E-state index contributed by atoms with van der Waals surface area (Å²) in [5.74, 6) is 0.877.